The van der Waals surface area contributed by atoms with E-state index in [0.29, 0.717) is 12.2 Å². The van der Waals surface area contributed by atoms with E-state index in [9.17, 15) is 4.79 Å². The minimum Gasteiger partial charge on any atom is -0.476 e. The Kier molecular flexibility index (Phi) is 3.85. The molecule has 0 saturated carbocycles. The van der Waals surface area contributed by atoms with Crippen LogP contribution in [0.15, 0.2) is 30.7 Å². The number of carbonyl (C=O) groups is 1. The fraction of sp³-hybridized carbons (Fsp3) is 0.273. The van der Waals surface area contributed by atoms with Crippen LogP contribution in [0.2, 0.25) is 0 Å². The van der Waals surface area contributed by atoms with E-state index in [1.54, 1.807) is 29.2 Å². The van der Waals surface area contributed by atoms with Gasteiger partial charge in [-0.05, 0) is 18.6 Å². The van der Waals surface area contributed by atoms with Crippen LogP contribution in [0, 0.1) is 0 Å². The first kappa shape index (κ1) is 12.0. The summed E-state index contributed by atoms with van der Waals surface area (Å²) in [6.45, 7) is 1.38. The van der Waals surface area contributed by atoms with Gasteiger partial charge in [0, 0.05) is 25.5 Å². The molecule has 2 aromatic heterocycles. The first-order chi connectivity index (χ1) is 8.77. The second kappa shape index (κ2) is 5.76. The molecule has 0 bridgehead atoms. The quantitative estimate of drug-likeness (QED) is 0.736. The highest BCUT2D eigenvalue weighted by Crippen LogP contribution is 2.11. The van der Waals surface area contributed by atoms with Crippen molar-refractivity contribution in [3.8, 4) is 0 Å². The topological polar surface area (TPSA) is 92.9 Å². The molecular formula is C11H13N5O2. The summed E-state index contributed by atoms with van der Waals surface area (Å²) in [5, 5.41) is 19.5. The van der Waals surface area contributed by atoms with E-state index in [1.165, 1.54) is 6.20 Å². The number of carboxylic acids is 1. The van der Waals surface area contributed by atoms with Gasteiger partial charge < -0.3 is 10.4 Å². The molecule has 0 amide bonds. The molecule has 2 aromatic rings. The van der Waals surface area contributed by atoms with E-state index in [1.807, 2.05) is 0 Å². The highest BCUT2D eigenvalue weighted by atomic mass is 16.4. The lowest BCUT2D eigenvalue weighted by atomic mass is 10.3. The molecule has 0 atom stereocenters. The van der Waals surface area contributed by atoms with Gasteiger partial charge in [0.1, 0.15) is 0 Å². The standard InChI is InChI=1S/C11H13N5O2/c17-11(18)10-9(3-1-4-13-10)12-5-2-7-16-8-6-14-15-16/h1,3-4,6,8,12H,2,5,7H2,(H,17,18). The summed E-state index contributed by atoms with van der Waals surface area (Å²) >= 11 is 0. The number of carboxylic acid groups (broad SMARTS) is 1. The monoisotopic (exact) mass is 247 g/mol. The van der Waals surface area contributed by atoms with Crippen molar-refractivity contribution in [2.75, 3.05) is 11.9 Å². The summed E-state index contributed by atoms with van der Waals surface area (Å²) in [5.74, 6) is -1.03. The molecule has 0 fully saturated rings. The minimum absolute atomic E-state index is 0.0401. The molecule has 2 N–H and O–H groups in total. The zero-order valence-electron chi connectivity index (χ0n) is 9.65. The average Bonchev–Trinajstić information content (AvgIpc) is 2.88. The zero-order chi connectivity index (χ0) is 12.8. The molecule has 7 heteroatoms. The van der Waals surface area contributed by atoms with Crippen molar-refractivity contribution in [3.63, 3.8) is 0 Å². The maximum absolute atomic E-state index is 10.9. The van der Waals surface area contributed by atoms with Gasteiger partial charge in [-0.3, -0.25) is 4.68 Å². The maximum atomic E-state index is 10.9. The molecule has 94 valence electrons. The van der Waals surface area contributed by atoms with Crippen molar-refractivity contribution in [1.29, 1.82) is 0 Å². The lowest BCUT2D eigenvalue weighted by Gasteiger charge is -2.08. The van der Waals surface area contributed by atoms with Crippen molar-refractivity contribution < 1.29 is 9.90 Å². The maximum Gasteiger partial charge on any atom is 0.356 e. The van der Waals surface area contributed by atoms with Gasteiger partial charge in [-0.1, -0.05) is 5.21 Å². The molecule has 0 aromatic carbocycles. The predicted octanol–water partition coefficient (Wildman–Crippen LogP) is 0.873. The van der Waals surface area contributed by atoms with Gasteiger partial charge >= 0.3 is 5.97 Å². The minimum atomic E-state index is -1.03. The number of aromatic carboxylic acids is 1. The molecule has 2 heterocycles. The fourth-order valence-corrected chi connectivity index (χ4v) is 1.53. The number of nitrogens with zero attached hydrogens (tertiary/aromatic N) is 4. The van der Waals surface area contributed by atoms with Crippen LogP contribution in [0.3, 0.4) is 0 Å². The number of pyridine rings is 1. The third kappa shape index (κ3) is 3.03. The van der Waals surface area contributed by atoms with Crippen LogP contribution in [-0.4, -0.2) is 37.6 Å². The van der Waals surface area contributed by atoms with Crippen molar-refractivity contribution >= 4 is 11.7 Å². The van der Waals surface area contributed by atoms with Crippen molar-refractivity contribution in [2.24, 2.45) is 0 Å². The van der Waals surface area contributed by atoms with Crippen molar-refractivity contribution in [2.45, 2.75) is 13.0 Å². The van der Waals surface area contributed by atoms with Gasteiger partial charge in [-0.15, -0.1) is 5.10 Å². The Morgan fingerprint density at radius 2 is 2.33 bits per heavy atom. The van der Waals surface area contributed by atoms with Crippen LogP contribution in [0.4, 0.5) is 5.69 Å². The number of anilines is 1. The Balaban J connectivity index is 1.85. The number of hydrogen-bond acceptors (Lipinski definition) is 5. The summed E-state index contributed by atoms with van der Waals surface area (Å²) in [7, 11) is 0. The Hall–Kier alpha value is -2.44. The Labute approximate surface area is 103 Å². The van der Waals surface area contributed by atoms with Crippen LogP contribution < -0.4 is 5.32 Å². The summed E-state index contributed by atoms with van der Waals surface area (Å²) in [5.41, 5.74) is 0.571. The van der Waals surface area contributed by atoms with Crippen molar-refractivity contribution in [3.05, 3.63) is 36.4 Å². The molecular weight excluding hydrogens is 234 g/mol. The Morgan fingerprint density at radius 3 is 3.06 bits per heavy atom. The Morgan fingerprint density at radius 1 is 1.44 bits per heavy atom. The third-order valence-electron chi connectivity index (χ3n) is 2.36. The fourth-order valence-electron chi connectivity index (χ4n) is 1.53. The number of nitrogens with one attached hydrogen (secondary N) is 1. The predicted molar refractivity (Wildman–Crippen MR) is 64.3 cm³/mol. The lowest BCUT2D eigenvalue weighted by molar-refractivity contribution is 0.0691. The Bertz CT molecular complexity index is 512. The summed E-state index contributed by atoms with van der Waals surface area (Å²) in [4.78, 5) is 14.7. The van der Waals surface area contributed by atoms with E-state index in [0.717, 1.165) is 13.0 Å². The van der Waals surface area contributed by atoms with Crippen LogP contribution in [-0.2, 0) is 6.54 Å². The second-order valence-corrected chi connectivity index (χ2v) is 3.65. The van der Waals surface area contributed by atoms with E-state index in [4.69, 9.17) is 5.11 Å². The van der Waals surface area contributed by atoms with Gasteiger partial charge in [-0.2, -0.15) is 0 Å². The van der Waals surface area contributed by atoms with Crippen molar-refractivity contribution in [1.82, 2.24) is 20.0 Å². The highest BCUT2D eigenvalue weighted by molar-refractivity contribution is 5.91. The van der Waals surface area contributed by atoms with Gasteiger partial charge in [0.15, 0.2) is 5.69 Å². The third-order valence-corrected chi connectivity index (χ3v) is 2.36. The first-order valence-corrected chi connectivity index (χ1v) is 5.53. The average molecular weight is 247 g/mol. The summed E-state index contributed by atoms with van der Waals surface area (Å²) in [6.07, 6.45) is 5.69. The lowest BCUT2D eigenvalue weighted by Crippen LogP contribution is -2.11. The first-order valence-electron chi connectivity index (χ1n) is 5.53. The van der Waals surface area contributed by atoms with Crippen LogP contribution in [0.25, 0.3) is 0 Å². The largest absolute Gasteiger partial charge is 0.476 e. The molecule has 0 unspecified atom stereocenters. The van der Waals surface area contributed by atoms with Gasteiger partial charge in [0.2, 0.25) is 0 Å². The van der Waals surface area contributed by atoms with Crippen LogP contribution in [0.5, 0.6) is 0 Å². The molecule has 18 heavy (non-hydrogen) atoms. The van der Waals surface area contributed by atoms with Gasteiger partial charge in [-0.25, -0.2) is 9.78 Å². The zero-order valence-corrected chi connectivity index (χ0v) is 9.65. The molecule has 0 spiro atoms. The molecule has 0 aliphatic carbocycles. The summed E-state index contributed by atoms with van der Waals surface area (Å²) < 4.78 is 1.73. The number of aromatic nitrogens is 4. The number of aryl methyl sites for hydroxylation is 1. The normalized spacial score (nSPS) is 10.2. The highest BCUT2D eigenvalue weighted by Gasteiger charge is 2.09. The number of hydrogen-bond donors (Lipinski definition) is 2. The summed E-state index contributed by atoms with van der Waals surface area (Å²) in [6, 6.07) is 3.40. The van der Waals surface area contributed by atoms with Gasteiger partial charge in [0.25, 0.3) is 0 Å². The van der Waals surface area contributed by atoms with Crippen LogP contribution in [0.1, 0.15) is 16.9 Å². The van der Waals surface area contributed by atoms with E-state index in [-0.39, 0.29) is 5.69 Å². The van der Waals surface area contributed by atoms with Crippen LogP contribution >= 0.6 is 0 Å². The molecule has 0 aliphatic rings. The molecule has 2 rings (SSSR count). The molecule has 7 nitrogen and oxygen atoms in total. The SMILES string of the molecule is O=C(O)c1ncccc1NCCCn1ccnn1. The van der Waals surface area contributed by atoms with E-state index >= 15 is 0 Å². The van der Waals surface area contributed by atoms with Gasteiger partial charge in [0.05, 0.1) is 11.9 Å². The molecule has 0 saturated heterocycles. The smallest absolute Gasteiger partial charge is 0.356 e. The second-order valence-electron chi connectivity index (χ2n) is 3.65. The van der Waals surface area contributed by atoms with E-state index < -0.39 is 5.97 Å². The molecule has 0 radical (unpaired) electrons. The number of rotatable bonds is 6. The molecule has 0 aliphatic heterocycles. The van der Waals surface area contributed by atoms with E-state index in [2.05, 4.69) is 20.6 Å².